The van der Waals surface area contributed by atoms with E-state index >= 15 is 8.78 Å². The van der Waals surface area contributed by atoms with Gasteiger partial charge >= 0.3 is 0 Å². The Hall–Kier alpha value is -2.38. The van der Waals surface area contributed by atoms with Crippen LogP contribution in [0.3, 0.4) is 0 Å². The Labute approximate surface area is 178 Å². The molecule has 2 unspecified atom stereocenters. The fraction of sp³-hybridized carbons (Fsp3) is 0.417. The maximum absolute atomic E-state index is 16.2. The van der Waals surface area contributed by atoms with E-state index in [4.69, 9.17) is 0 Å². The molecule has 2 aromatic carbocycles. The highest BCUT2D eigenvalue weighted by Gasteiger charge is 2.64. The van der Waals surface area contributed by atoms with Gasteiger partial charge in [-0.25, -0.2) is 17.6 Å². The summed E-state index contributed by atoms with van der Waals surface area (Å²) >= 11 is 0. The lowest BCUT2D eigenvalue weighted by atomic mass is 9.64. The van der Waals surface area contributed by atoms with E-state index in [9.17, 15) is 8.78 Å². The highest BCUT2D eigenvalue weighted by molar-refractivity contribution is 5.85. The molecular formula is C24H25F4N3. The molecule has 0 bridgehead atoms. The lowest BCUT2D eigenvalue weighted by Crippen LogP contribution is -2.65. The molecule has 1 aliphatic heterocycles. The van der Waals surface area contributed by atoms with Crippen molar-refractivity contribution in [2.75, 3.05) is 20.6 Å². The zero-order valence-electron chi connectivity index (χ0n) is 17.5. The monoisotopic (exact) mass is 431 g/mol. The van der Waals surface area contributed by atoms with E-state index in [1.807, 2.05) is 0 Å². The Morgan fingerprint density at radius 1 is 0.968 bits per heavy atom. The molecule has 1 aromatic heterocycles. The Balaban J connectivity index is 1.64. The van der Waals surface area contributed by atoms with E-state index in [0.29, 0.717) is 41.5 Å². The molecule has 0 radical (unpaired) electrons. The molecule has 1 spiro atoms. The average molecular weight is 431 g/mol. The van der Waals surface area contributed by atoms with Crippen LogP contribution in [0.1, 0.15) is 36.1 Å². The Morgan fingerprint density at radius 2 is 1.74 bits per heavy atom. The third-order valence-corrected chi connectivity index (χ3v) is 7.37. The van der Waals surface area contributed by atoms with Gasteiger partial charge in [-0.05, 0) is 74.8 Å². The molecule has 1 aliphatic carbocycles. The zero-order chi connectivity index (χ0) is 22.0. The molecule has 1 saturated carbocycles. The van der Waals surface area contributed by atoms with Crippen molar-refractivity contribution < 1.29 is 17.6 Å². The fourth-order valence-corrected chi connectivity index (χ4v) is 5.71. The molecule has 7 heteroatoms. The summed E-state index contributed by atoms with van der Waals surface area (Å²) in [5, 5.41) is 3.80. The van der Waals surface area contributed by atoms with Crippen LogP contribution < -0.4 is 5.32 Å². The summed E-state index contributed by atoms with van der Waals surface area (Å²) in [6, 6.07) is 10.3. The van der Waals surface area contributed by atoms with E-state index in [0.717, 1.165) is 5.56 Å². The molecule has 2 heterocycles. The molecule has 0 amide bonds. The summed E-state index contributed by atoms with van der Waals surface area (Å²) < 4.78 is 60.2. The van der Waals surface area contributed by atoms with Crippen molar-refractivity contribution in [1.82, 2.24) is 15.2 Å². The second-order valence-corrected chi connectivity index (χ2v) is 9.07. The van der Waals surface area contributed by atoms with Crippen LogP contribution in [-0.4, -0.2) is 36.4 Å². The first-order valence-corrected chi connectivity index (χ1v) is 10.6. The Kier molecular flexibility index (Phi) is 4.51. The van der Waals surface area contributed by atoms with Crippen LogP contribution in [-0.2, 0) is 17.5 Å². The number of fused-ring (bicyclic) bond motifs is 4. The number of rotatable bonds is 2. The highest BCUT2D eigenvalue weighted by Crippen LogP contribution is 2.57. The van der Waals surface area contributed by atoms with Crippen molar-refractivity contribution in [2.45, 2.75) is 42.7 Å². The van der Waals surface area contributed by atoms with Crippen LogP contribution in [0.15, 0.2) is 42.5 Å². The number of alkyl halides is 2. The van der Waals surface area contributed by atoms with Gasteiger partial charge in [0.1, 0.15) is 17.2 Å². The van der Waals surface area contributed by atoms with Gasteiger partial charge in [-0.2, -0.15) is 0 Å². The second-order valence-electron chi connectivity index (χ2n) is 9.07. The van der Waals surface area contributed by atoms with Gasteiger partial charge in [0.25, 0.3) is 5.92 Å². The number of hydrogen-bond donors (Lipinski definition) is 2. The second kappa shape index (κ2) is 6.81. The van der Waals surface area contributed by atoms with Crippen molar-refractivity contribution in [3.63, 3.8) is 0 Å². The molecule has 2 atom stereocenters. The largest absolute Gasteiger partial charge is 0.356 e. The van der Waals surface area contributed by atoms with Crippen molar-refractivity contribution in [3.8, 4) is 0 Å². The minimum Gasteiger partial charge on any atom is -0.356 e. The van der Waals surface area contributed by atoms with Crippen molar-refractivity contribution in [2.24, 2.45) is 0 Å². The van der Waals surface area contributed by atoms with Gasteiger partial charge in [0.15, 0.2) is 0 Å². The average Bonchev–Trinajstić information content (AvgIpc) is 3.09. The number of aromatic amines is 1. The van der Waals surface area contributed by atoms with Crippen LogP contribution >= 0.6 is 0 Å². The fourth-order valence-electron chi connectivity index (χ4n) is 5.71. The quantitative estimate of drug-likeness (QED) is 0.556. The van der Waals surface area contributed by atoms with Gasteiger partial charge in [0.2, 0.25) is 0 Å². The number of halogens is 4. The summed E-state index contributed by atoms with van der Waals surface area (Å²) in [4.78, 5) is 4.97. The van der Waals surface area contributed by atoms with Crippen molar-refractivity contribution >= 4 is 10.9 Å². The molecule has 2 aliphatic rings. The SMILES string of the molecule is CN(C)C1(c2cccc(F)c2)CCC2(NCCc3c2[nH]c2ccc(F)cc32)C(F)(F)C1. The molecule has 164 valence electrons. The van der Waals surface area contributed by atoms with Gasteiger partial charge in [-0.15, -0.1) is 0 Å². The number of nitrogens with one attached hydrogen (secondary N) is 2. The predicted molar refractivity (Wildman–Crippen MR) is 112 cm³/mol. The summed E-state index contributed by atoms with van der Waals surface area (Å²) in [6.45, 7) is 0.390. The minimum atomic E-state index is -3.13. The van der Waals surface area contributed by atoms with Gasteiger partial charge in [0, 0.05) is 29.6 Å². The number of H-pyrrole nitrogens is 1. The van der Waals surface area contributed by atoms with Crippen LogP contribution in [0, 0.1) is 11.6 Å². The van der Waals surface area contributed by atoms with Crippen molar-refractivity contribution in [1.29, 1.82) is 0 Å². The van der Waals surface area contributed by atoms with E-state index < -0.39 is 29.2 Å². The van der Waals surface area contributed by atoms with Crippen LogP contribution in [0.25, 0.3) is 10.9 Å². The first kappa shape index (κ1) is 20.5. The lowest BCUT2D eigenvalue weighted by molar-refractivity contribution is -0.167. The Morgan fingerprint density at radius 3 is 2.45 bits per heavy atom. The number of aromatic nitrogens is 1. The molecule has 3 nitrogen and oxygen atoms in total. The zero-order valence-corrected chi connectivity index (χ0v) is 17.5. The van der Waals surface area contributed by atoms with E-state index in [1.54, 1.807) is 37.2 Å². The lowest BCUT2D eigenvalue weighted by Gasteiger charge is -2.55. The highest BCUT2D eigenvalue weighted by atomic mass is 19.3. The van der Waals surface area contributed by atoms with Crippen LogP contribution in [0.2, 0.25) is 0 Å². The van der Waals surface area contributed by atoms with Crippen LogP contribution in [0.5, 0.6) is 0 Å². The normalized spacial score (nSPS) is 27.7. The first-order valence-electron chi connectivity index (χ1n) is 10.6. The molecule has 1 fully saturated rings. The summed E-state index contributed by atoms with van der Waals surface area (Å²) in [7, 11) is 3.54. The maximum Gasteiger partial charge on any atom is 0.273 e. The van der Waals surface area contributed by atoms with Gasteiger partial charge in [-0.1, -0.05) is 12.1 Å². The molecule has 2 N–H and O–H groups in total. The molecule has 5 rings (SSSR count). The third-order valence-electron chi connectivity index (χ3n) is 7.37. The van der Waals surface area contributed by atoms with E-state index in [-0.39, 0.29) is 12.2 Å². The topological polar surface area (TPSA) is 31.1 Å². The number of benzene rings is 2. The van der Waals surface area contributed by atoms with Gasteiger partial charge < -0.3 is 10.3 Å². The number of nitrogens with zero attached hydrogens (tertiary/aromatic N) is 1. The number of hydrogen-bond acceptors (Lipinski definition) is 2. The predicted octanol–water partition coefficient (Wildman–Crippen LogP) is 5.06. The maximum atomic E-state index is 16.2. The van der Waals surface area contributed by atoms with E-state index in [1.165, 1.54) is 24.3 Å². The standard InChI is InChI=1S/C24H25F4N3/c1-31(2)22(15-4-3-5-16(25)12-15)9-10-23(24(27,28)14-22)21-18(8-11-29-23)19-13-17(26)6-7-20(19)30-21/h3-7,12-13,29-30H,8-11,14H2,1-2H3. The summed E-state index contributed by atoms with van der Waals surface area (Å²) in [5.74, 6) is -3.94. The third kappa shape index (κ3) is 2.86. The van der Waals surface area contributed by atoms with Gasteiger partial charge in [0.05, 0.1) is 5.54 Å². The molecular weight excluding hydrogens is 406 g/mol. The van der Waals surface area contributed by atoms with Crippen molar-refractivity contribution in [3.05, 3.63) is 70.9 Å². The van der Waals surface area contributed by atoms with Crippen LogP contribution in [0.4, 0.5) is 17.6 Å². The Bertz CT molecular complexity index is 1150. The first-order chi connectivity index (χ1) is 14.7. The van der Waals surface area contributed by atoms with Gasteiger partial charge in [-0.3, -0.25) is 4.90 Å². The van der Waals surface area contributed by atoms with E-state index in [2.05, 4.69) is 10.3 Å². The molecule has 0 saturated heterocycles. The molecule has 31 heavy (non-hydrogen) atoms. The summed E-state index contributed by atoms with van der Waals surface area (Å²) in [6.07, 6.45) is 0.693. The smallest absolute Gasteiger partial charge is 0.273 e. The minimum absolute atomic E-state index is 0.164. The summed E-state index contributed by atoms with van der Waals surface area (Å²) in [5.41, 5.74) is -0.120. The molecule has 3 aromatic rings.